The molecular weight excluding hydrogens is 272 g/mol. The van der Waals surface area contributed by atoms with E-state index < -0.39 is 0 Å². The molecule has 0 heterocycles. The summed E-state index contributed by atoms with van der Waals surface area (Å²) in [5, 5.41) is 4.19. The van der Waals surface area contributed by atoms with Crippen molar-refractivity contribution in [2.45, 2.75) is 6.42 Å². The van der Waals surface area contributed by atoms with Crippen LogP contribution in [0, 0.1) is 0 Å². The maximum Gasteiger partial charge on any atom is 0.254 e. The Morgan fingerprint density at radius 2 is 1.60 bits per heavy atom. The summed E-state index contributed by atoms with van der Waals surface area (Å²) in [7, 11) is 0. The molecule has 2 rings (SSSR count). The normalized spacial score (nSPS) is 11.2. The topological polar surface area (TPSA) is 41.5 Å². The van der Waals surface area contributed by atoms with Gasteiger partial charge in [0.1, 0.15) is 5.88 Å². The van der Waals surface area contributed by atoms with Gasteiger partial charge in [-0.25, -0.2) is 5.43 Å². The minimum Gasteiger partial charge on any atom is -0.272 e. The molecule has 0 atom stereocenters. The van der Waals surface area contributed by atoms with E-state index in [1.165, 1.54) is 0 Å². The second kappa shape index (κ2) is 7.46. The molecule has 3 nitrogen and oxygen atoms in total. The number of amides is 1. The van der Waals surface area contributed by atoms with Gasteiger partial charge in [-0.2, -0.15) is 5.10 Å². The van der Waals surface area contributed by atoms with E-state index in [1.54, 1.807) is 0 Å². The molecule has 20 heavy (non-hydrogen) atoms. The second-order valence-electron chi connectivity index (χ2n) is 4.26. The van der Waals surface area contributed by atoms with Crippen LogP contribution >= 0.6 is 11.6 Å². The average molecular weight is 287 g/mol. The highest BCUT2D eigenvalue weighted by atomic mass is 35.5. The fourth-order valence-corrected chi connectivity index (χ4v) is 1.85. The molecule has 2 aromatic rings. The zero-order valence-corrected chi connectivity index (χ0v) is 11.7. The zero-order valence-electron chi connectivity index (χ0n) is 10.9. The van der Waals surface area contributed by atoms with Crippen molar-refractivity contribution in [1.29, 1.82) is 0 Å². The van der Waals surface area contributed by atoms with Crippen molar-refractivity contribution in [3.63, 3.8) is 0 Å². The quantitative estimate of drug-likeness (QED) is 0.512. The number of nitrogens with one attached hydrogen (secondary N) is 1. The standard InChI is InChI=1S/C16H15ClN2O/c17-12-16(20)19-18-15(14-9-5-2-6-10-14)11-13-7-3-1-4-8-13/h1-10H,11-12H2,(H,19,20). The van der Waals surface area contributed by atoms with Crippen LogP contribution < -0.4 is 5.43 Å². The number of halogens is 1. The molecule has 1 N–H and O–H groups in total. The molecule has 0 aliphatic carbocycles. The van der Waals surface area contributed by atoms with Gasteiger partial charge < -0.3 is 0 Å². The van der Waals surface area contributed by atoms with Crippen molar-refractivity contribution in [2.24, 2.45) is 5.10 Å². The number of hydrogen-bond acceptors (Lipinski definition) is 2. The van der Waals surface area contributed by atoms with Crippen molar-refractivity contribution in [3.05, 3.63) is 71.8 Å². The van der Waals surface area contributed by atoms with Gasteiger partial charge in [-0.3, -0.25) is 4.79 Å². The van der Waals surface area contributed by atoms with Crippen molar-refractivity contribution in [2.75, 3.05) is 5.88 Å². The zero-order chi connectivity index (χ0) is 14.2. The Kier molecular flexibility index (Phi) is 5.33. The summed E-state index contributed by atoms with van der Waals surface area (Å²) in [6.07, 6.45) is 0.646. The van der Waals surface area contributed by atoms with Gasteiger partial charge in [-0.1, -0.05) is 60.7 Å². The van der Waals surface area contributed by atoms with E-state index in [4.69, 9.17) is 11.6 Å². The van der Waals surface area contributed by atoms with Crippen LogP contribution in [0.25, 0.3) is 0 Å². The fraction of sp³-hybridized carbons (Fsp3) is 0.125. The van der Waals surface area contributed by atoms with Gasteiger partial charge in [0.2, 0.25) is 0 Å². The van der Waals surface area contributed by atoms with E-state index in [0.717, 1.165) is 16.8 Å². The molecule has 0 bridgehead atoms. The Morgan fingerprint density at radius 3 is 2.20 bits per heavy atom. The highest BCUT2D eigenvalue weighted by Crippen LogP contribution is 2.08. The predicted molar refractivity (Wildman–Crippen MR) is 82.0 cm³/mol. The summed E-state index contributed by atoms with van der Waals surface area (Å²) in [5.41, 5.74) is 5.38. The third-order valence-corrected chi connectivity index (χ3v) is 3.00. The predicted octanol–water partition coefficient (Wildman–Crippen LogP) is 2.99. The van der Waals surface area contributed by atoms with Crippen LogP contribution in [0.2, 0.25) is 0 Å². The van der Waals surface area contributed by atoms with E-state index in [1.807, 2.05) is 60.7 Å². The number of carbonyl (C=O) groups excluding carboxylic acids is 1. The highest BCUT2D eigenvalue weighted by molar-refractivity contribution is 6.27. The van der Waals surface area contributed by atoms with Gasteiger partial charge in [0.25, 0.3) is 5.91 Å². The van der Waals surface area contributed by atoms with Crippen molar-refractivity contribution in [1.82, 2.24) is 5.43 Å². The lowest BCUT2D eigenvalue weighted by atomic mass is 10.0. The number of hydrogen-bond donors (Lipinski definition) is 1. The van der Waals surface area contributed by atoms with Crippen LogP contribution in [-0.2, 0) is 11.2 Å². The van der Waals surface area contributed by atoms with E-state index in [2.05, 4.69) is 10.5 Å². The molecule has 0 saturated carbocycles. The van der Waals surface area contributed by atoms with Gasteiger partial charge >= 0.3 is 0 Å². The van der Waals surface area contributed by atoms with Crippen LogP contribution in [0.1, 0.15) is 11.1 Å². The van der Waals surface area contributed by atoms with E-state index in [-0.39, 0.29) is 11.8 Å². The molecule has 2 aromatic carbocycles. The first-order chi connectivity index (χ1) is 9.79. The lowest BCUT2D eigenvalue weighted by Gasteiger charge is -2.07. The summed E-state index contributed by atoms with van der Waals surface area (Å²) in [4.78, 5) is 11.2. The van der Waals surface area contributed by atoms with Gasteiger partial charge in [0.05, 0.1) is 5.71 Å². The number of hydrazone groups is 1. The Morgan fingerprint density at radius 1 is 1.00 bits per heavy atom. The maximum atomic E-state index is 11.2. The van der Waals surface area contributed by atoms with Crippen LogP contribution in [0.3, 0.4) is 0 Å². The van der Waals surface area contributed by atoms with Crippen molar-refractivity contribution in [3.8, 4) is 0 Å². The molecule has 0 aromatic heterocycles. The van der Waals surface area contributed by atoms with Crippen molar-refractivity contribution >= 4 is 23.2 Å². The molecule has 0 fully saturated rings. The van der Waals surface area contributed by atoms with Crippen LogP contribution in [-0.4, -0.2) is 17.5 Å². The summed E-state index contributed by atoms with van der Waals surface area (Å²) in [6.45, 7) is 0. The summed E-state index contributed by atoms with van der Waals surface area (Å²) in [5.74, 6) is -0.412. The Labute approximate surface area is 123 Å². The molecule has 4 heteroatoms. The number of rotatable bonds is 5. The van der Waals surface area contributed by atoms with Crippen LogP contribution in [0.15, 0.2) is 65.8 Å². The fourth-order valence-electron chi connectivity index (χ4n) is 1.79. The largest absolute Gasteiger partial charge is 0.272 e. The number of alkyl halides is 1. The Balaban J connectivity index is 2.23. The molecule has 102 valence electrons. The average Bonchev–Trinajstić information content (AvgIpc) is 2.53. The first-order valence-electron chi connectivity index (χ1n) is 6.30. The Hall–Kier alpha value is -2.13. The SMILES string of the molecule is O=C(CCl)NN=C(Cc1ccccc1)c1ccccc1. The summed E-state index contributed by atoms with van der Waals surface area (Å²) < 4.78 is 0. The third kappa shape index (κ3) is 4.21. The highest BCUT2D eigenvalue weighted by Gasteiger charge is 2.06. The molecule has 0 aliphatic rings. The molecule has 0 aliphatic heterocycles. The molecule has 0 saturated heterocycles. The van der Waals surface area contributed by atoms with Crippen LogP contribution in [0.4, 0.5) is 0 Å². The lowest BCUT2D eigenvalue weighted by molar-refractivity contribution is -0.118. The Bertz CT molecular complexity index is 582. The first-order valence-corrected chi connectivity index (χ1v) is 6.84. The van der Waals surface area contributed by atoms with Gasteiger partial charge in [-0.05, 0) is 11.1 Å². The minimum absolute atomic E-state index is 0.100. The third-order valence-electron chi connectivity index (χ3n) is 2.76. The monoisotopic (exact) mass is 286 g/mol. The molecule has 0 spiro atoms. The summed E-state index contributed by atoms with van der Waals surface area (Å²) in [6, 6.07) is 19.8. The van der Waals surface area contributed by atoms with Crippen molar-refractivity contribution < 1.29 is 4.79 Å². The van der Waals surface area contributed by atoms with E-state index in [9.17, 15) is 4.79 Å². The van der Waals surface area contributed by atoms with E-state index >= 15 is 0 Å². The number of carbonyl (C=O) groups is 1. The minimum atomic E-state index is -0.312. The maximum absolute atomic E-state index is 11.2. The summed E-state index contributed by atoms with van der Waals surface area (Å²) >= 11 is 5.46. The second-order valence-corrected chi connectivity index (χ2v) is 4.52. The van der Waals surface area contributed by atoms with Gasteiger partial charge in [0, 0.05) is 6.42 Å². The molecule has 1 amide bonds. The molecule has 0 radical (unpaired) electrons. The number of nitrogens with zero attached hydrogens (tertiary/aromatic N) is 1. The lowest BCUT2D eigenvalue weighted by Crippen LogP contribution is -2.21. The van der Waals surface area contributed by atoms with E-state index in [0.29, 0.717) is 6.42 Å². The van der Waals surface area contributed by atoms with Gasteiger partial charge in [-0.15, -0.1) is 11.6 Å². The van der Waals surface area contributed by atoms with Crippen LogP contribution in [0.5, 0.6) is 0 Å². The smallest absolute Gasteiger partial charge is 0.254 e. The molecule has 0 unspecified atom stereocenters. The number of benzene rings is 2. The van der Waals surface area contributed by atoms with Gasteiger partial charge in [0.15, 0.2) is 0 Å². The first kappa shape index (κ1) is 14.3. The molecular formula is C16H15ClN2O.